The Morgan fingerprint density at radius 3 is 2.60 bits per heavy atom. The molecule has 112 valence electrons. The van der Waals surface area contributed by atoms with E-state index in [1.807, 2.05) is 12.1 Å². The fraction of sp³-hybridized carbons (Fsp3) is 0.688. The van der Waals surface area contributed by atoms with E-state index in [1.165, 1.54) is 19.3 Å². The van der Waals surface area contributed by atoms with Gasteiger partial charge in [0.2, 0.25) is 5.88 Å². The molecule has 2 rings (SSSR count). The number of nitrogens with zero attached hydrogens (tertiary/aromatic N) is 2. The highest BCUT2D eigenvalue weighted by Gasteiger charge is 2.28. The number of hydrogen-bond donors (Lipinski definition) is 1. The molecule has 4 nitrogen and oxygen atoms in total. The van der Waals surface area contributed by atoms with Gasteiger partial charge in [-0.05, 0) is 36.8 Å². The van der Waals surface area contributed by atoms with Gasteiger partial charge in [0.25, 0.3) is 0 Å². The second-order valence-corrected chi connectivity index (χ2v) is 6.06. The van der Waals surface area contributed by atoms with Crippen LogP contribution in [0.4, 0.5) is 11.5 Å². The molecule has 2 heterocycles. The molecule has 1 aliphatic heterocycles. The van der Waals surface area contributed by atoms with E-state index >= 15 is 0 Å². The van der Waals surface area contributed by atoms with Crippen LogP contribution in [0.5, 0.6) is 5.88 Å². The van der Waals surface area contributed by atoms with E-state index < -0.39 is 0 Å². The fourth-order valence-electron chi connectivity index (χ4n) is 2.56. The molecule has 0 unspecified atom stereocenters. The standard InChI is InChI=1S/C16H27N3O/c1-4-12-20-15-13(17)6-7-14(18-15)19-10-8-16(3,5-2)9-11-19/h6-7H,4-5,8-12,17H2,1-3H3. The van der Waals surface area contributed by atoms with Gasteiger partial charge in [-0.25, -0.2) is 0 Å². The summed E-state index contributed by atoms with van der Waals surface area (Å²) in [6.07, 6.45) is 4.66. The molecule has 1 saturated heterocycles. The summed E-state index contributed by atoms with van der Waals surface area (Å²) in [4.78, 5) is 6.93. The van der Waals surface area contributed by atoms with Crippen LogP contribution >= 0.6 is 0 Å². The van der Waals surface area contributed by atoms with Crippen LogP contribution in [0.25, 0.3) is 0 Å². The first-order valence-electron chi connectivity index (χ1n) is 7.72. The third-order valence-electron chi connectivity index (χ3n) is 4.47. The molecule has 1 aromatic rings. The molecule has 0 spiro atoms. The lowest BCUT2D eigenvalue weighted by molar-refractivity contribution is 0.237. The zero-order valence-corrected chi connectivity index (χ0v) is 13.0. The van der Waals surface area contributed by atoms with E-state index in [9.17, 15) is 0 Å². The van der Waals surface area contributed by atoms with E-state index in [0.717, 1.165) is 25.3 Å². The summed E-state index contributed by atoms with van der Waals surface area (Å²) in [7, 11) is 0. The molecule has 0 amide bonds. The predicted octanol–water partition coefficient (Wildman–Crippen LogP) is 3.47. The Morgan fingerprint density at radius 2 is 2.00 bits per heavy atom. The van der Waals surface area contributed by atoms with Crippen LogP contribution in [0.15, 0.2) is 12.1 Å². The molecule has 1 aliphatic rings. The van der Waals surface area contributed by atoms with Crippen LogP contribution in [0.1, 0.15) is 46.5 Å². The fourth-order valence-corrected chi connectivity index (χ4v) is 2.56. The summed E-state index contributed by atoms with van der Waals surface area (Å²) in [5.41, 5.74) is 7.03. The molecule has 0 aliphatic carbocycles. The van der Waals surface area contributed by atoms with Gasteiger partial charge in [0.1, 0.15) is 5.82 Å². The van der Waals surface area contributed by atoms with E-state index in [1.54, 1.807) is 0 Å². The molecule has 1 aromatic heterocycles. The molecule has 1 fully saturated rings. The van der Waals surface area contributed by atoms with Crippen molar-refractivity contribution in [3.05, 3.63) is 12.1 Å². The van der Waals surface area contributed by atoms with Crippen LogP contribution in [-0.4, -0.2) is 24.7 Å². The maximum atomic E-state index is 5.92. The van der Waals surface area contributed by atoms with Crippen LogP contribution in [0.2, 0.25) is 0 Å². The van der Waals surface area contributed by atoms with Gasteiger partial charge in [0, 0.05) is 13.1 Å². The Balaban J connectivity index is 2.06. The lowest BCUT2D eigenvalue weighted by Crippen LogP contribution is -2.38. The van der Waals surface area contributed by atoms with Crippen LogP contribution in [0.3, 0.4) is 0 Å². The number of aromatic nitrogens is 1. The predicted molar refractivity (Wildman–Crippen MR) is 84.3 cm³/mol. The van der Waals surface area contributed by atoms with Crippen molar-refractivity contribution < 1.29 is 4.74 Å². The van der Waals surface area contributed by atoms with Gasteiger partial charge in [-0.3, -0.25) is 0 Å². The first kappa shape index (κ1) is 14.9. The first-order chi connectivity index (χ1) is 9.58. The summed E-state index contributed by atoms with van der Waals surface area (Å²) in [6, 6.07) is 3.91. The summed E-state index contributed by atoms with van der Waals surface area (Å²) >= 11 is 0. The third kappa shape index (κ3) is 3.35. The summed E-state index contributed by atoms with van der Waals surface area (Å²) < 4.78 is 5.62. The van der Waals surface area contributed by atoms with E-state index in [0.29, 0.717) is 23.6 Å². The first-order valence-corrected chi connectivity index (χ1v) is 7.72. The molecular formula is C16H27N3O. The molecule has 2 N–H and O–H groups in total. The lowest BCUT2D eigenvalue weighted by Gasteiger charge is -2.39. The summed E-state index contributed by atoms with van der Waals surface area (Å²) in [6.45, 7) is 9.54. The smallest absolute Gasteiger partial charge is 0.239 e. The Hall–Kier alpha value is -1.45. The van der Waals surface area contributed by atoms with Gasteiger partial charge < -0.3 is 15.4 Å². The molecule has 0 bridgehead atoms. The number of nitrogens with two attached hydrogens (primary N) is 1. The van der Waals surface area contributed by atoms with Gasteiger partial charge in [0.15, 0.2) is 0 Å². The maximum absolute atomic E-state index is 5.92. The van der Waals surface area contributed by atoms with Gasteiger partial charge in [0.05, 0.1) is 12.3 Å². The van der Waals surface area contributed by atoms with Crippen molar-refractivity contribution in [2.45, 2.75) is 46.5 Å². The highest BCUT2D eigenvalue weighted by atomic mass is 16.5. The average Bonchev–Trinajstić information content (AvgIpc) is 2.47. The zero-order chi connectivity index (χ0) is 14.6. The number of nitrogen functional groups attached to an aromatic ring is 1. The highest BCUT2D eigenvalue weighted by Crippen LogP contribution is 2.35. The van der Waals surface area contributed by atoms with Crippen molar-refractivity contribution in [3.63, 3.8) is 0 Å². The Labute approximate surface area is 122 Å². The normalized spacial score (nSPS) is 18.1. The van der Waals surface area contributed by atoms with Crippen LogP contribution in [-0.2, 0) is 0 Å². The number of piperidine rings is 1. The second kappa shape index (κ2) is 6.33. The van der Waals surface area contributed by atoms with Gasteiger partial charge in [-0.2, -0.15) is 4.98 Å². The summed E-state index contributed by atoms with van der Waals surface area (Å²) in [5, 5.41) is 0. The minimum atomic E-state index is 0.492. The van der Waals surface area contributed by atoms with Crippen molar-refractivity contribution in [1.29, 1.82) is 0 Å². The Morgan fingerprint density at radius 1 is 1.30 bits per heavy atom. The van der Waals surface area contributed by atoms with E-state index in [-0.39, 0.29) is 0 Å². The minimum absolute atomic E-state index is 0.492. The molecule has 0 saturated carbocycles. The van der Waals surface area contributed by atoms with Gasteiger partial charge >= 0.3 is 0 Å². The topological polar surface area (TPSA) is 51.4 Å². The third-order valence-corrected chi connectivity index (χ3v) is 4.47. The van der Waals surface area contributed by atoms with Gasteiger partial charge in [-0.1, -0.05) is 27.2 Å². The molecular weight excluding hydrogens is 250 g/mol. The van der Waals surface area contributed by atoms with Gasteiger partial charge in [-0.15, -0.1) is 0 Å². The molecule has 0 aromatic carbocycles. The highest BCUT2D eigenvalue weighted by molar-refractivity contribution is 5.54. The number of rotatable bonds is 5. The van der Waals surface area contributed by atoms with Crippen LogP contribution < -0.4 is 15.4 Å². The van der Waals surface area contributed by atoms with Crippen molar-refractivity contribution in [1.82, 2.24) is 4.98 Å². The quantitative estimate of drug-likeness (QED) is 0.895. The zero-order valence-electron chi connectivity index (χ0n) is 13.0. The number of hydrogen-bond acceptors (Lipinski definition) is 4. The lowest BCUT2D eigenvalue weighted by atomic mass is 9.78. The van der Waals surface area contributed by atoms with E-state index in [4.69, 9.17) is 10.5 Å². The number of anilines is 2. The van der Waals surface area contributed by atoms with Crippen molar-refractivity contribution >= 4 is 11.5 Å². The van der Waals surface area contributed by atoms with Crippen LogP contribution in [0, 0.1) is 5.41 Å². The number of pyridine rings is 1. The molecule has 0 radical (unpaired) electrons. The van der Waals surface area contributed by atoms with E-state index in [2.05, 4.69) is 30.7 Å². The molecule has 4 heteroatoms. The maximum Gasteiger partial charge on any atom is 0.239 e. The monoisotopic (exact) mass is 277 g/mol. The largest absolute Gasteiger partial charge is 0.476 e. The SMILES string of the molecule is CCCOc1nc(N2CCC(C)(CC)CC2)ccc1N. The Bertz CT molecular complexity index is 439. The average molecular weight is 277 g/mol. The molecule has 20 heavy (non-hydrogen) atoms. The number of ether oxygens (including phenoxy) is 1. The molecule has 0 atom stereocenters. The van der Waals surface area contributed by atoms with Crippen molar-refractivity contribution in [2.75, 3.05) is 30.3 Å². The van der Waals surface area contributed by atoms with Crippen molar-refractivity contribution in [2.24, 2.45) is 5.41 Å². The summed E-state index contributed by atoms with van der Waals surface area (Å²) in [5.74, 6) is 1.57. The second-order valence-electron chi connectivity index (χ2n) is 6.06. The van der Waals surface area contributed by atoms with Crippen molar-refractivity contribution in [3.8, 4) is 5.88 Å². The Kier molecular flexibility index (Phi) is 4.73. The minimum Gasteiger partial charge on any atom is -0.476 e.